The van der Waals surface area contributed by atoms with Crippen LogP contribution in [0.5, 0.6) is 0 Å². The zero-order chi connectivity index (χ0) is 15.5. The molecule has 0 aliphatic carbocycles. The largest absolute Gasteiger partial charge is 0.478 e. The summed E-state index contributed by atoms with van der Waals surface area (Å²) in [5.74, 6) is -2.59. The molecule has 0 aliphatic heterocycles. The number of amides is 1. The molecule has 6 nitrogen and oxygen atoms in total. The average molecular weight is 320 g/mol. The number of hydrogen-bond donors (Lipinski definition) is 2. The Kier molecular flexibility index (Phi) is 5.13. The standard InChI is InChI=1S/C12H14ClNO5S/c1-7(2)14-11(15)6-20(18,19)8-3-4-9(12(16)17)10(13)5-8/h3-5,7H,6H2,1-2H3,(H,14,15)(H,16,17). The maximum absolute atomic E-state index is 12.0. The summed E-state index contributed by atoms with van der Waals surface area (Å²) in [7, 11) is -3.86. The molecule has 1 amide bonds. The second-order valence-corrected chi connectivity index (χ2v) is 6.82. The number of halogens is 1. The van der Waals surface area contributed by atoms with Crippen LogP contribution in [0.15, 0.2) is 23.1 Å². The number of aromatic carboxylic acids is 1. The Morgan fingerprint density at radius 2 is 1.95 bits per heavy atom. The van der Waals surface area contributed by atoms with E-state index in [1.54, 1.807) is 13.8 Å². The second-order valence-electron chi connectivity index (χ2n) is 4.43. The molecule has 20 heavy (non-hydrogen) atoms. The van der Waals surface area contributed by atoms with E-state index in [1.807, 2.05) is 0 Å². The van der Waals surface area contributed by atoms with E-state index in [2.05, 4.69) is 5.32 Å². The minimum Gasteiger partial charge on any atom is -0.478 e. The Hall–Kier alpha value is -1.60. The van der Waals surface area contributed by atoms with Crippen molar-refractivity contribution < 1.29 is 23.1 Å². The minimum absolute atomic E-state index is 0.171. The quantitative estimate of drug-likeness (QED) is 0.853. The maximum Gasteiger partial charge on any atom is 0.337 e. The maximum atomic E-state index is 12.0. The fourth-order valence-corrected chi connectivity index (χ4v) is 2.98. The molecule has 0 saturated heterocycles. The third-order valence-corrected chi connectivity index (χ3v) is 4.23. The number of benzene rings is 1. The van der Waals surface area contributed by atoms with Crippen LogP contribution in [0.1, 0.15) is 24.2 Å². The Morgan fingerprint density at radius 1 is 1.35 bits per heavy atom. The van der Waals surface area contributed by atoms with Gasteiger partial charge in [0.25, 0.3) is 0 Å². The zero-order valence-electron chi connectivity index (χ0n) is 10.9. The van der Waals surface area contributed by atoms with E-state index in [-0.39, 0.29) is 21.5 Å². The van der Waals surface area contributed by atoms with E-state index in [9.17, 15) is 18.0 Å². The predicted octanol–water partition coefficient (Wildman–Crippen LogP) is 1.34. The molecule has 0 radical (unpaired) electrons. The van der Waals surface area contributed by atoms with E-state index in [4.69, 9.17) is 16.7 Å². The lowest BCUT2D eigenvalue weighted by molar-refractivity contribution is -0.119. The highest BCUT2D eigenvalue weighted by molar-refractivity contribution is 7.92. The summed E-state index contributed by atoms with van der Waals surface area (Å²) in [5, 5.41) is 11.1. The number of carbonyl (C=O) groups is 2. The van der Waals surface area contributed by atoms with Crippen molar-refractivity contribution in [1.29, 1.82) is 0 Å². The molecule has 2 N–H and O–H groups in total. The molecule has 0 atom stereocenters. The molecule has 0 aliphatic rings. The van der Waals surface area contributed by atoms with Crippen molar-refractivity contribution >= 4 is 33.3 Å². The van der Waals surface area contributed by atoms with Crippen LogP contribution in [0.3, 0.4) is 0 Å². The van der Waals surface area contributed by atoms with E-state index in [0.717, 1.165) is 18.2 Å². The van der Waals surface area contributed by atoms with Gasteiger partial charge in [0.1, 0.15) is 5.75 Å². The summed E-state index contributed by atoms with van der Waals surface area (Å²) in [4.78, 5) is 22.1. The number of carboxylic acids is 1. The van der Waals surface area contributed by atoms with Crippen LogP contribution < -0.4 is 5.32 Å². The van der Waals surface area contributed by atoms with Gasteiger partial charge in [-0.1, -0.05) is 11.6 Å². The van der Waals surface area contributed by atoms with Crippen molar-refractivity contribution in [2.45, 2.75) is 24.8 Å². The van der Waals surface area contributed by atoms with Crippen molar-refractivity contribution in [3.8, 4) is 0 Å². The van der Waals surface area contributed by atoms with Gasteiger partial charge in [-0.2, -0.15) is 0 Å². The van der Waals surface area contributed by atoms with Gasteiger partial charge < -0.3 is 10.4 Å². The number of sulfone groups is 1. The number of rotatable bonds is 5. The molecule has 8 heteroatoms. The molecular weight excluding hydrogens is 306 g/mol. The van der Waals surface area contributed by atoms with E-state index >= 15 is 0 Å². The van der Waals surface area contributed by atoms with Gasteiger partial charge in [0.05, 0.1) is 15.5 Å². The van der Waals surface area contributed by atoms with Crippen molar-refractivity contribution in [3.63, 3.8) is 0 Å². The van der Waals surface area contributed by atoms with Gasteiger partial charge in [-0.15, -0.1) is 0 Å². The number of hydrogen-bond acceptors (Lipinski definition) is 4. The fourth-order valence-electron chi connectivity index (χ4n) is 1.48. The lowest BCUT2D eigenvalue weighted by atomic mass is 10.2. The predicted molar refractivity (Wildman–Crippen MR) is 73.7 cm³/mol. The van der Waals surface area contributed by atoms with Gasteiger partial charge >= 0.3 is 5.97 Å². The highest BCUT2D eigenvalue weighted by atomic mass is 35.5. The molecule has 1 aromatic rings. The van der Waals surface area contributed by atoms with Crippen molar-refractivity contribution in [3.05, 3.63) is 28.8 Å². The van der Waals surface area contributed by atoms with E-state index < -0.39 is 27.5 Å². The van der Waals surface area contributed by atoms with Crippen LogP contribution in [0.25, 0.3) is 0 Å². The molecule has 0 bridgehead atoms. The van der Waals surface area contributed by atoms with Crippen molar-refractivity contribution in [1.82, 2.24) is 5.32 Å². The number of carbonyl (C=O) groups excluding carboxylic acids is 1. The molecule has 1 aromatic carbocycles. The van der Waals surface area contributed by atoms with Gasteiger partial charge in [0.15, 0.2) is 9.84 Å². The normalized spacial score (nSPS) is 11.4. The van der Waals surface area contributed by atoms with Gasteiger partial charge in [0, 0.05) is 6.04 Å². The van der Waals surface area contributed by atoms with Crippen LogP contribution in [0.2, 0.25) is 5.02 Å². The molecule has 0 aromatic heterocycles. The Bertz CT molecular complexity index is 639. The van der Waals surface area contributed by atoms with Crippen LogP contribution in [0.4, 0.5) is 0 Å². The third kappa shape index (κ3) is 4.21. The Balaban J connectivity index is 3.02. The highest BCUT2D eigenvalue weighted by Crippen LogP contribution is 2.21. The Morgan fingerprint density at radius 3 is 2.40 bits per heavy atom. The topological polar surface area (TPSA) is 101 Å². The smallest absolute Gasteiger partial charge is 0.337 e. The van der Waals surface area contributed by atoms with Crippen molar-refractivity contribution in [2.75, 3.05) is 5.75 Å². The van der Waals surface area contributed by atoms with Crippen LogP contribution in [0, 0.1) is 0 Å². The molecule has 110 valence electrons. The first kappa shape index (κ1) is 16.5. The SMILES string of the molecule is CC(C)NC(=O)CS(=O)(=O)c1ccc(C(=O)O)c(Cl)c1. The molecule has 0 heterocycles. The molecule has 0 fully saturated rings. The molecule has 0 unspecified atom stereocenters. The van der Waals surface area contributed by atoms with Crippen LogP contribution in [-0.2, 0) is 14.6 Å². The van der Waals surface area contributed by atoms with Gasteiger partial charge in [-0.25, -0.2) is 13.2 Å². The number of carboxylic acid groups (broad SMARTS) is 1. The van der Waals surface area contributed by atoms with Crippen LogP contribution in [-0.4, -0.2) is 37.2 Å². The van der Waals surface area contributed by atoms with Crippen LogP contribution >= 0.6 is 11.6 Å². The lowest BCUT2D eigenvalue weighted by Crippen LogP contribution is -2.35. The summed E-state index contributed by atoms with van der Waals surface area (Å²) >= 11 is 5.71. The first-order chi connectivity index (χ1) is 9.13. The van der Waals surface area contributed by atoms with E-state index in [1.165, 1.54) is 0 Å². The summed E-state index contributed by atoms with van der Waals surface area (Å²) < 4.78 is 24.0. The summed E-state index contributed by atoms with van der Waals surface area (Å²) in [5.41, 5.74) is -0.197. The van der Waals surface area contributed by atoms with Gasteiger partial charge in [-0.05, 0) is 32.0 Å². The fraction of sp³-hybridized carbons (Fsp3) is 0.333. The molecule has 0 saturated carbocycles. The van der Waals surface area contributed by atoms with Gasteiger partial charge in [-0.3, -0.25) is 4.79 Å². The van der Waals surface area contributed by atoms with Gasteiger partial charge in [0.2, 0.25) is 5.91 Å². The number of nitrogens with one attached hydrogen (secondary N) is 1. The first-order valence-electron chi connectivity index (χ1n) is 5.68. The molecular formula is C12H14ClNO5S. The molecule has 1 rings (SSSR count). The summed E-state index contributed by atoms with van der Waals surface area (Å²) in [6.07, 6.45) is 0. The zero-order valence-corrected chi connectivity index (χ0v) is 12.5. The highest BCUT2D eigenvalue weighted by Gasteiger charge is 2.21. The molecule has 0 spiro atoms. The minimum atomic E-state index is -3.86. The summed E-state index contributed by atoms with van der Waals surface area (Å²) in [6.45, 7) is 3.42. The first-order valence-corrected chi connectivity index (χ1v) is 7.71. The van der Waals surface area contributed by atoms with Crippen molar-refractivity contribution in [2.24, 2.45) is 0 Å². The Labute approximate surface area is 121 Å². The third-order valence-electron chi connectivity index (χ3n) is 2.30. The van der Waals surface area contributed by atoms with E-state index in [0.29, 0.717) is 0 Å². The monoisotopic (exact) mass is 319 g/mol. The summed E-state index contributed by atoms with van der Waals surface area (Å²) in [6, 6.07) is 3.07. The lowest BCUT2D eigenvalue weighted by Gasteiger charge is -2.09. The second kappa shape index (κ2) is 6.23. The average Bonchev–Trinajstić information content (AvgIpc) is 2.25.